The summed E-state index contributed by atoms with van der Waals surface area (Å²) >= 11 is 6.28. The summed E-state index contributed by atoms with van der Waals surface area (Å²) in [6.07, 6.45) is 5.00. The van der Waals surface area contributed by atoms with E-state index in [1.54, 1.807) is 59.7 Å². The average molecular weight is 391 g/mol. The monoisotopic (exact) mass is 390 g/mol. The lowest BCUT2D eigenvalue weighted by atomic mass is 10.3. The maximum atomic E-state index is 12.5. The fourth-order valence-corrected chi connectivity index (χ4v) is 2.78. The molecule has 28 heavy (non-hydrogen) atoms. The number of nitrogens with zero attached hydrogens (tertiary/aromatic N) is 3. The summed E-state index contributed by atoms with van der Waals surface area (Å²) in [4.78, 5) is 16.4. The molecule has 6 nitrogen and oxygen atoms in total. The highest BCUT2D eigenvalue weighted by Crippen LogP contribution is 2.31. The van der Waals surface area contributed by atoms with Gasteiger partial charge in [-0.15, -0.1) is 0 Å². The third-order valence-corrected chi connectivity index (χ3v) is 4.21. The minimum Gasteiger partial charge on any atom is -0.456 e. The highest BCUT2D eigenvalue weighted by atomic mass is 35.5. The van der Waals surface area contributed by atoms with Gasteiger partial charge >= 0.3 is 0 Å². The van der Waals surface area contributed by atoms with Gasteiger partial charge in [0, 0.05) is 24.3 Å². The Bertz CT molecular complexity index is 1100. The standard InChI is InChI=1S/C21H15ClN4O2/c22-18-14-15(6-7-20(18)28-17-8-11-23-12-9-17)24-21(27)19-10-13-26(25-19)16-4-2-1-3-5-16/h1-14H,(H,24,27). The van der Waals surface area contributed by atoms with Crippen molar-refractivity contribution < 1.29 is 9.53 Å². The van der Waals surface area contributed by atoms with Crippen LogP contribution < -0.4 is 10.1 Å². The molecular weight excluding hydrogens is 376 g/mol. The zero-order chi connectivity index (χ0) is 19.3. The zero-order valence-corrected chi connectivity index (χ0v) is 15.4. The van der Waals surface area contributed by atoms with E-state index in [4.69, 9.17) is 16.3 Å². The Morgan fingerprint density at radius 2 is 1.79 bits per heavy atom. The van der Waals surface area contributed by atoms with Crippen molar-refractivity contribution in [3.63, 3.8) is 0 Å². The van der Waals surface area contributed by atoms with Gasteiger partial charge in [-0.05, 0) is 48.5 Å². The first-order valence-electron chi connectivity index (χ1n) is 8.49. The summed E-state index contributed by atoms with van der Waals surface area (Å²) in [6.45, 7) is 0. The summed E-state index contributed by atoms with van der Waals surface area (Å²) in [5, 5.41) is 7.48. The SMILES string of the molecule is O=C(Nc1ccc(Oc2ccncc2)c(Cl)c1)c1ccn(-c2ccccc2)n1. The second-order valence-electron chi connectivity index (χ2n) is 5.87. The van der Waals surface area contributed by atoms with Crippen LogP contribution >= 0.6 is 11.6 Å². The predicted molar refractivity (Wildman–Crippen MR) is 107 cm³/mol. The van der Waals surface area contributed by atoms with E-state index < -0.39 is 0 Å². The molecule has 0 bridgehead atoms. The van der Waals surface area contributed by atoms with E-state index >= 15 is 0 Å². The number of rotatable bonds is 5. The molecule has 2 heterocycles. The predicted octanol–water partition coefficient (Wildman–Crippen LogP) is 4.97. The third kappa shape index (κ3) is 4.02. The number of ether oxygens (including phenoxy) is 1. The van der Waals surface area contributed by atoms with Gasteiger partial charge < -0.3 is 10.1 Å². The van der Waals surface area contributed by atoms with Gasteiger partial charge in [-0.1, -0.05) is 29.8 Å². The summed E-state index contributed by atoms with van der Waals surface area (Å²) < 4.78 is 7.35. The molecule has 0 aliphatic rings. The van der Waals surface area contributed by atoms with Crippen molar-refractivity contribution in [1.29, 1.82) is 0 Å². The van der Waals surface area contributed by atoms with Crippen LogP contribution in [0.25, 0.3) is 5.69 Å². The number of amides is 1. The van der Waals surface area contributed by atoms with Crippen molar-refractivity contribution in [2.75, 3.05) is 5.32 Å². The molecule has 0 atom stereocenters. The van der Waals surface area contributed by atoms with E-state index in [1.165, 1.54) is 0 Å². The second-order valence-corrected chi connectivity index (χ2v) is 6.27. The Labute approximate surface area is 166 Å². The first-order chi connectivity index (χ1) is 13.7. The Morgan fingerprint density at radius 1 is 1.00 bits per heavy atom. The molecule has 1 amide bonds. The third-order valence-electron chi connectivity index (χ3n) is 3.91. The Balaban J connectivity index is 1.46. The van der Waals surface area contributed by atoms with Crippen LogP contribution in [0.5, 0.6) is 11.5 Å². The molecule has 7 heteroatoms. The van der Waals surface area contributed by atoms with E-state index in [-0.39, 0.29) is 5.91 Å². The summed E-state index contributed by atoms with van der Waals surface area (Å²) in [5.41, 5.74) is 1.73. The first-order valence-corrected chi connectivity index (χ1v) is 8.87. The number of hydrogen-bond acceptors (Lipinski definition) is 4. The highest BCUT2D eigenvalue weighted by Gasteiger charge is 2.12. The van der Waals surface area contributed by atoms with Gasteiger partial charge in [0.15, 0.2) is 5.69 Å². The number of halogens is 1. The van der Waals surface area contributed by atoms with Crippen LogP contribution in [0.15, 0.2) is 85.3 Å². The van der Waals surface area contributed by atoms with E-state index in [1.807, 2.05) is 30.3 Å². The maximum absolute atomic E-state index is 12.5. The van der Waals surface area contributed by atoms with Gasteiger partial charge in [0.25, 0.3) is 5.91 Å². The van der Waals surface area contributed by atoms with Crippen LogP contribution in [0.4, 0.5) is 5.69 Å². The van der Waals surface area contributed by atoms with Crippen LogP contribution in [0.3, 0.4) is 0 Å². The summed E-state index contributed by atoms with van der Waals surface area (Å²) in [6, 6.07) is 19.7. The Hall–Kier alpha value is -3.64. The van der Waals surface area contributed by atoms with Crippen molar-refractivity contribution in [3.8, 4) is 17.2 Å². The molecule has 138 valence electrons. The van der Waals surface area contributed by atoms with Gasteiger partial charge in [-0.2, -0.15) is 5.10 Å². The minimum atomic E-state index is -0.325. The van der Waals surface area contributed by atoms with Gasteiger partial charge in [-0.25, -0.2) is 4.68 Å². The van der Waals surface area contributed by atoms with Crippen LogP contribution in [-0.4, -0.2) is 20.7 Å². The summed E-state index contributed by atoms with van der Waals surface area (Å²) in [5.74, 6) is 0.785. The minimum absolute atomic E-state index is 0.303. The van der Waals surface area contributed by atoms with E-state index in [2.05, 4.69) is 15.4 Å². The van der Waals surface area contributed by atoms with Crippen LogP contribution in [0.2, 0.25) is 5.02 Å². The lowest BCUT2D eigenvalue weighted by molar-refractivity contribution is 0.102. The molecular formula is C21H15ClN4O2. The summed E-state index contributed by atoms with van der Waals surface area (Å²) in [7, 11) is 0. The van der Waals surface area contributed by atoms with E-state index in [0.29, 0.717) is 27.9 Å². The Kier molecular flexibility index (Phi) is 5.03. The molecule has 0 aliphatic carbocycles. The van der Waals surface area contributed by atoms with Crippen LogP contribution in [0.1, 0.15) is 10.5 Å². The molecule has 2 aromatic carbocycles. The number of para-hydroxylation sites is 1. The van der Waals surface area contributed by atoms with Crippen molar-refractivity contribution in [2.24, 2.45) is 0 Å². The number of benzene rings is 2. The largest absolute Gasteiger partial charge is 0.456 e. The molecule has 0 saturated heterocycles. The van der Waals surface area contributed by atoms with Crippen LogP contribution in [0, 0.1) is 0 Å². The number of carbonyl (C=O) groups is 1. The first kappa shape index (κ1) is 17.8. The molecule has 0 saturated carbocycles. The highest BCUT2D eigenvalue weighted by molar-refractivity contribution is 6.32. The fourth-order valence-electron chi connectivity index (χ4n) is 2.56. The molecule has 0 fully saturated rings. The molecule has 0 spiro atoms. The van der Waals surface area contributed by atoms with Crippen molar-refractivity contribution in [2.45, 2.75) is 0 Å². The van der Waals surface area contributed by atoms with Crippen LogP contribution in [-0.2, 0) is 0 Å². The second kappa shape index (κ2) is 7.94. The molecule has 1 N–H and O–H groups in total. The van der Waals surface area contributed by atoms with Gasteiger partial charge in [0.05, 0.1) is 10.7 Å². The van der Waals surface area contributed by atoms with Gasteiger partial charge in [0.2, 0.25) is 0 Å². The van der Waals surface area contributed by atoms with Gasteiger partial charge in [-0.3, -0.25) is 9.78 Å². The molecule has 0 aliphatic heterocycles. The van der Waals surface area contributed by atoms with Crippen molar-refractivity contribution in [1.82, 2.24) is 14.8 Å². The number of nitrogens with one attached hydrogen (secondary N) is 1. The van der Waals surface area contributed by atoms with E-state index in [0.717, 1.165) is 5.69 Å². The maximum Gasteiger partial charge on any atom is 0.276 e. The molecule has 0 unspecified atom stereocenters. The van der Waals surface area contributed by atoms with Crippen molar-refractivity contribution in [3.05, 3.63) is 96.0 Å². The smallest absolute Gasteiger partial charge is 0.276 e. The molecule has 4 aromatic rings. The lowest BCUT2D eigenvalue weighted by Crippen LogP contribution is -2.13. The number of anilines is 1. The quantitative estimate of drug-likeness (QED) is 0.522. The average Bonchev–Trinajstić information content (AvgIpc) is 3.22. The number of carbonyl (C=O) groups excluding carboxylic acids is 1. The number of hydrogen-bond donors (Lipinski definition) is 1. The zero-order valence-electron chi connectivity index (χ0n) is 14.6. The van der Waals surface area contributed by atoms with Crippen molar-refractivity contribution >= 4 is 23.2 Å². The molecule has 4 rings (SSSR count). The molecule has 2 aromatic heterocycles. The Morgan fingerprint density at radius 3 is 2.54 bits per heavy atom. The van der Waals surface area contributed by atoms with E-state index in [9.17, 15) is 4.79 Å². The number of pyridine rings is 1. The molecule has 0 radical (unpaired) electrons. The normalized spacial score (nSPS) is 10.5. The topological polar surface area (TPSA) is 69.0 Å². The number of aromatic nitrogens is 3. The lowest BCUT2D eigenvalue weighted by Gasteiger charge is -2.09. The van der Waals surface area contributed by atoms with Gasteiger partial charge in [0.1, 0.15) is 11.5 Å². The fraction of sp³-hybridized carbons (Fsp3) is 0.